The summed E-state index contributed by atoms with van der Waals surface area (Å²) in [5.41, 5.74) is 4.02. The average Bonchev–Trinajstić information content (AvgIpc) is 3.39. The van der Waals surface area contributed by atoms with Crippen LogP contribution in [0.3, 0.4) is 0 Å². The Kier molecular flexibility index (Phi) is 5.27. The van der Waals surface area contributed by atoms with Crippen molar-refractivity contribution in [3.8, 4) is 0 Å². The molecule has 0 saturated heterocycles. The molecule has 7 heteroatoms. The molecule has 1 atom stereocenters. The maximum atomic E-state index is 13.1. The minimum Gasteiger partial charge on any atom is -0.465 e. The Bertz CT molecular complexity index is 1230. The molecule has 6 nitrogen and oxygen atoms in total. The number of hydrogen-bond acceptors (Lipinski definition) is 6. The SMILES string of the molecule is COC(=O)c1c(NC(=O)c2ccc3c(c2)C[C@H](c2ccccc2)OC3=O)sc2c1CCC2. The van der Waals surface area contributed by atoms with Crippen molar-refractivity contribution in [1.82, 2.24) is 0 Å². The van der Waals surface area contributed by atoms with Crippen LogP contribution in [0.25, 0.3) is 0 Å². The van der Waals surface area contributed by atoms with Crippen LogP contribution in [0, 0.1) is 0 Å². The fourth-order valence-electron chi connectivity index (χ4n) is 4.38. The highest BCUT2D eigenvalue weighted by atomic mass is 32.1. The molecule has 0 spiro atoms. The highest BCUT2D eigenvalue weighted by Crippen LogP contribution is 2.40. The average molecular weight is 448 g/mol. The summed E-state index contributed by atoms with van der Waals surface area (Å²) in [6.07, 6.45) is 2.83. The molecule has 162 valence electrons. The van der Waals surface area contributed by atoms with Crippen molar-refractivity contribution in [3.05, 3.63) is 86.8 Å². The number of esters is 2. The summed E-state index contributed by atoms with van der Waals surface area (Å²) in [5.74, 6) is -1.15. The maximum absolute atomic E-state index is 13.1. The molecule has 1 aliphatic heterocycles. The summed E-state index contributed by atoms with van der Waals surface area (Å²) >= 11 is 1.44. The maximum Gasteiger partial charge on any atom is 0.341 e. The molecule has 1 N–H and O–H groups in total. The summed E-state index contributed by atoms with van der Waals surface area (Å²) in [7, 11) is 1.35. The van der Waals surface area contributed by atoms with Gasteiger partial charge in [0.2, 0.25) is 0 Å². The largest absolute Gasteiger partial charge is 0.465 e. The van der Waals surface area contributed by atoms with Gasteiger partial charge >= 0.3 is 11.9 Å². The molecule has 2 aromatic carbocycles. The molecule has 0 unspecified atom stereocenters. The van der Waals surface area contributed by atoms with Crippen LogP contribution >= 0.6 is 11.3 Å². The first-order chi connectivity index (χ1) is 15.5. The van der Waals surface area contributed by atoms with E-state index in [0.717, 1.165) is 40.8 Å². The van der Waals surface area contributed by atoms with E-state index in [1.165, 1.54) is 18.4 Å². The van der Waals surface area contributed by atoms with E-state index < -0.39 is 11.9 Å². The van der Waals surface area contributed by atoms with Gasteiger partial charge in [-0.15, -0.1) is 11.3 Å². The van der Waals surface area contributed by atoms with Gasteiger partial charge in [-0.05, 0) is 54.2 Å². The van der Waals surface area contributed by atoms with Gasteiger partial charge in [0.1, 0.15) is 11.1 Å². The van der Waals surface area contributed by atoms with Crippen molar-refractivity contribution in [1.29, 1.82) is 0 Å². The lowest BCUT2D eigenvalue weighted by atomic mass is 9.93. The third-order valence-corrected chi connectivity index (χ3v) is 7.16. The number of anilines is 1. The van der Waals surface area contributed by atoms with Crippen molar-refractivity contribution < 1.29 is 23.9 Å². The van der Waals surface area contributed by atoms with E-state index in [4.69, 9.17) is 9.47 Å². The van der Waals surface area contributed by atoms with Crippen LogP contribution in [-0.2, 0) is 28.7 Å². The third-order valence-electron chi connectivity index (χ3n) is 5.95. The standard InChI is InChI=1S/C25H21NO5S/c1-30-25(29)21-18-8-5-9-20(18)32-23(21)26-22(27)15-10-11-17-16(12-15)13-19(31-24(17)28)14-6-3-2-4-7-14/h2-4,6-7,10-12,19H,5,8-9,13H2,1H3,(H,26,27)/t19-/m1/s1. The second kappa shape index (κ2) is 8.24. The van der Waals surface area contributed by atoms with Crippen LogP contribution in [0.1, 0.15) is 65.2 Å². The Hall–Kier alpha value is -3.45. The summed E-state index contributed by atoms with van der Waals surface area (Å²) in [5, 5.41) is 3.41. The molecule has 0 saturated carbocycles. The predicted molar refractivity (Wildman–Crippen MR) is 120 cm³/mol. The normalized spacial score (nSPS) is 16.7. The number of rotatable bonds is 4. The van der Waals surface area contributed by atoms with Gasteiger partial charge in [-0.3, -0.25) is 4.79 Å². The summed E-state index contributed by atoms with van der Waals surface area (Å²) in [6, 6.07) is 14.5. The van der Waals surface area contributed by atoms with Gasteiger partial charge in [-0.25, -0.2) is 9.59 Å². The Morgan fingerprint density at radius 1 is 1.12 bits per heavy atom. The zero-order valence-electron chi connectivity index (χ0n) is 17.5. The number of nitrogens with one attached hydrogen (secondary N) is 1. The van der Waals surface area contributed by atoms with E-state index in [0.29, 0.717) is 28.1 Å². The van der Waals surface area contributed by atoms with Gasteiger partial charge in [-0.1, -0.05) is 30.3 Å². The highest BCUT2D eigenvalue weighted by molar-refractivity contribution is 7.17. The first-order valence-electron chi connectivity index (χ1n) is 10.5. The Balaban J connectivity index is 1.42. The smallest absolute Gasteiger partial charge is 0.341 e. The number of benzene rings is 2. The van der Waals surface area contributed by atoms with Crippen molar-refractivity contribution >= 4 is 34.2 Å². The molecule has 1 aliphatic carbocycles. The number of amides is 1. The number of fused-ring (bicyclic) bond motifs is 2. The van der Waals surface area contributed by atoms with Gasteiger partial charge in [0.25, 0.3) is 5.91 Å². The van der Waals surface area contributed by atoms with Crippen LogP contribution < -0.4 is 5.32 Å². The molecule has 1 amide bonds. The minimum absolute atomic E-state index is 0.326. The molecule has 3 aromatic rings. The zero-order chi connectivity index (χ0) is 22.2. The van der Waals surface area contributed by atoms with Crippen LogP contribution in [-0.4, -0.2) is 25.0 Å². The first-order valence-corrected chi connectivity index (χ1v) is 11.3. The zero-order valence-corrected chi connectivity index (χ0v) is 18.3. The quantitative estimate of drug-likeness (QED) is 0.585. The molecule has 0 fully saturated rings. The van der Waals surface area contributed by atoms with Gasteiger partial charge in [-0.2, -0.15) is 0 Å². The molecular formula is C25H21NO5S. The Labute approximate surface area is 189 Å². The Morgan fingerprint density at radius 2 is 1.94 bits per heavy atom. The molecule has 0 radical (unpaired) electrons. The molecule has 0 bridgehead atoms. The monoisotopic (exact) mass is 447 g/mol. The van der Waals surface area contributed by atoms with E-state index in [1.54, 1.807) is 18.2 Å². The van der Waals surface area contributed by atoms with Crippen LogP contribution in [0.2, 0.25) is 0 Å². The molecular weight excluding hydrogens is 426 g/mol. The number of hydrogen-bond donors (Lipinski definition) is 1. The van der Waals surface area contributed by atoms with E-state index in [1.807, 2.05) is 30.3 Å². The molecule has 2 heterocycles. The van der Waals surface area contributed by atoms with Gasteiger partial charge in [0.05, 0.1) is 18.2 Å². The Morgan fingerprint density at radius 3 is 2.72 bits per heavy atom. The van der Waals surface area contributed by atoms with Crippen molar-refractivity contribution in [2.75, 3.05) is 12.4 Å². The number of aryl methyl sites for hydroxylation is 1. The number of thiophene rings is 1. The van der Waals surface area contributed by atoms with E-state index in [2.05, 4.69) is 5.32 Å². The number of carbonyl (C=O) groups is 3. The van der Waals surface area contributed by atoms with Crippen LogP contribution in [0.4, 0.5) is 5.00 Å². The van der Waals surface area contributed by atoms with Gasteiger partial charge in [0, 0.05) is 16.9 Å². The van der Waals surface area contributed by atoms with Crippen LogP contribution in [0.15, 0.2) is 48.5 Å². The van der Waals surface area contributed by atoms with Crippen molar-refractivity contribution in [2.45, 2.75) is 31.8 Å². The second-order valence-electron chi connectivity index (χ2n) is 7.89. The highest BCUT2D eigenvalue weighted by Gasteiger charge is 2.30. The lowest BCUT2D eigenvalue weighted by Gasteiger charge is -2.25. The molecule has 2 aliphatic rings. The lowest BCUT2D eigenvalue weighted by molar-refractivity contribution is 0.0252. The van der Waals surface area contributed by atoms with E-state index >= 15 is 0 Å². The second-order valence-corrected chi connectivity index (χ2v) is 8.99. The summed E-state index contributed by atoms with van der Waals surface area (Å²) in [4.78, 5) is 39.0. The summed E-state index contributed by atoms with van der Waals surface area (Å²) in [6.45, 7) is 0. The predicted octanol–water partition coefficient (Wildman–Crippen LogP) is 4.73. The number of cyclic esters (lactones) is 1. The van der Waals surface area contributed by atoms with Crippen molar-refractivity contribution in [3.63, 3.8) is 0 Å². The van der Waals surface area contributed by atoms with Crippen LogP contribution in [0.5, 0.6) is 0 Å². The summed E-state index contributed by atoms with van der Waals surface area (Å²) < 4.78 is 10.5. The number of ether oxygens (including phenoxy) is 2. The number of carbonyl (C=O) groups excluding carboxylic acids is 3. The number of methoxy groups -OCH3 is 1. The van der Waals surface area contributed by atoms with Gasteiger partial charge < -0.3 is 14.8 Å². The fraction of sp³-hybridized carbons (Fsp3) is 0.240. The van der Waals surface area contributed by atoms with Gasteiger partial charge in [0.15, 0.2) is 0 Å². The van der Waals surface area contributed by atoms with Crippen molar-refractivity contribution in [2.24, 2.45) is 0 Å². The van der Waals surface area contributed by atoms with E-state index in [-0.39, 0.29) is 12.0 Å². The van der Waals surface area contributed by atoms with E-state index in [9.17, 15) is 14.4 Å². The first kappa shape index (κ1) is 20.5. The molecule has 5 rings (SSSR count). The molecule has 32 heavy (non-hydrogen) atoms. The third kappa shape index (κ3) is 3.58. The fourth-order valence-corrected chi connectivity index (χ4v) is 5.65. The minimum atomic E-state index is -0.432. The topological polar surface area (TPSA) is 81.7 Å². The lowest BCUT2D eigenvalue weighted by Crippen LogP contribution is -2.23. The molecule has 1 aromatic heterocycles.